The summed E-state index contributed by atoms with van der Waals surface area (Å²) in [6.07, 6.45) is 5.08. The van der Waals surface area contributed by atoms with Crippen LogP contribution in [-0.4, -0.2) is 24.7 Å². The Morgan fingerprint density at radius 3 is 2.61 bits per heavy atom. The second-order valence-electron chi connectivity index (χ2n) is 5.45. The van der Waals surface area contributed by atoms with Crippen LogP contribution < -0.4 is 5.73 Å². The maximum Gasteiger partial charge on any atom is 0.333 e. The Morgan fingerprint density at radius 2 is 2.17 bits per heavy atom. The molecule has 0 aromatic rings. The first kappa shape index (κ1) is 15.6. The fraction of sp³-hybridized carbons (Fsp3) is 0.786. The van der Waals surface area contributed by atoms with Crippen molar-refractivity contribution >= 4 is 17.7 Å². The maximum atomic E-state index is 11.9. The standard InChI is InChI=1S/C14H25NO2S/c1-8(2)10-6-9(3)11(13(15)18-5)7-12(10)14(16)17-4/h7-11,13H,6,15H2,1-5H3. The van der Waals surface area contributed by atoms with E-state index >= 15 is 0 Å². The minimum atomic E-state index is -0.195. The van der Waals surface area contributed by atoms with Crippen molar-refractivity contribution in [3.8, 4) is 0 Å². The Balaban J connectivity index is 3.06. The lowest BCUT2D eigenvalue weighted by atomic mass is 9.71. The molecule has 0 aromatic carbocycles. The van der Waals surface area contributed by atoms with Crippen molar-refractivity contribution in [1.82, 2.24) is 0 Å². The van der Waals surface area contributed by atoms with Crippen molar-refractivity contribution in [2.75, 3.05) is 13.4 Å². The van der Waals surface area contributed by atoms with E-state index < -0.39 is 0 Å². The molecule has 1 aliphatic carbocycles. The number of thioether (sulfide) groups is 1. The largest absolute Gasteiger partial charge is 0.466 e. The molecule has 0 spiro atoms. The molecule has 0 radical (unpaired) electrons. The SMILES string of the molecule is COC(=O)C1=CC(C(N)SC)C(C)CC1C(C)C. The summed E-state index contributed by atoms with van der Waals surface area (Å²) in [5.74, 6) is 1.30. The molecular weight excluding hydrogens is 246 g/mol. The van der Waals surface area contributed by atoms with E-state index in [9.17, 15) is 4.79 Å². The van der Waals surface area contributed by atoms with E-state index in [1.165, 1.54) is 7.11 Å². The van der Waals surface area contributed by atoms with Crippen molar-refractivity contribution in [3.05, 3.63) is 11.6 Å². The number of hydrogen-bond donors (Lipinski definition) is 1. The number of hydrogen-bond acceptors (Lipinski definition) is 4. The Hall–Kier alpha value is -0.480. The molecule has 3 nitrogen and oxygen atoms in total. The summed E-state index contributed by atoms with van der Waals surface area (Å²) in [6.45, 7) is 6.53. The fourth-order valence-electron chi connectivity index (χ4n) is 2.72. The van der Waals surface area contributed by atoms with Gasteiger partial charge in [-0.1, -0.05) is 26.8 Å². The second-order valence-corrected chi connectivity index (χ2v) is 6.47. The van der Waals surface area contributed by atoms with Gasteiger partial charge in [0.25, 0.3) is 0 Å². The predicted molar refractivity (Wildman–Crippen MR) is 77.2 cm³/mol. The van der Waals surface area contributed by atoms with Gasteiger partial charge in [-0.15, -0.1) is 11.8 Å². The molecule has 0 fully saturated rings. The van der Waals surface area contributed by atoms with Crippen LogP contribution in [0.5, 0.6) is 0 Å². The van der Waals surface area contributed by atoms with Gasteiger partial charge in [-0.25, -0.2) is 4.79 Å². The Bertz CT molecular complexity index is 328. The molecular formula is C14H25NO2S. The summed E-state index contributed by atoms with van der Waals surface area (Å²) >= 11 is 1.65. The quantitative estimate of drug-likeness (QED) is 0.631. The average Bonchev–Trinajstić information content (AvgIpc) is 2.36. The number of nitrogens with two attached hydrogens (primary N) is 1. The minimum Gasteiger partial charge on any atom is -0.466 e. The molecule has 4 atom stereocenters. The molecule has 2 N–H and O–H groups in total. The van der Waals surface area contributed by atoms with Crippen LogP contribution in [0.1, 0.15) is 27.2 Å². The van der Waals surface area contributed by atoms with Crippen molar-refractivity contribution in [2.24, 2.45) is 29.4 Å². The summed E-state index contributed by atoms with van der Waals surface area (Å²) in [6, 6.07) is 0. The van der Waals surface area contributed by atoms with Crippen LogP contribution in [0.25, 0.3) is 0 Å². The first-order chi connectivity index (χ1) is 8.42. The van der Waals surface area contributed by atoms with Crippen molar-refractivity contribution in [3.63, 3.8) is 0 Å². The average molecular weight is 271 g/mol. The van der Waals surface area contributed by atoms with Gasteiger partial charge in [-0.2, -0.15) is 0 Å². The molecule has 1 rings (SSSR count). The number of methoxy groups -OCH3 is 1. The van der Waals surface area contributed by atoms with Gasteiger partial charge >= 0.3 is 5.97 Å². The summed E-state index contributed by atoms with van der Waals surface area (Å²) < 4.78 is 4.91. The van der Waals surface area contributed by atoms with E-state index in [1.807, 2.05) is 6.26 Å². The van der Waals surface area contributed by atoms with E-state index in [2.05, 4.69) is 26.8 Å². The monoisotopic (exact) mass is 271 g/mol. The van der Waals surface area contributed by atoms with Gasteiger partial charge in [0.2, 0.25) is 0 Å². The number of rotatable bonds is 4. The molecule has 4 heteroatoms. The summed E-state index contributed by atoms with van der Waals surface area (Å²) in [7, 11) is 1.45. The summed E-state index contributed by atoms with van der Waals surface area (Å²) in [5, 5.41) is 0.0489. The molecule has 1 aliphatic rings. The highest BCUT2D eigenvalue weighted by Crippen LogP contribution is 2.39. The van der Waals surface area contributed by atoms with Crippen LogP contribution in [0.15, 0.2) is 11.6 Å². The zero-order chi connectivity index (χ0) is 13.9. The smallest absolute Gasteiger partial charge is 0.333 e. The van der Waals surface area contributed by atoms with Gasteiger partial charge in [0.05, 0.1) is 12.5 Å². The zero-order valence-corrected chi connectivity index (χ0v) is 12.8. The van der Waals surface area contributed by atoms with Crippen LogP contribution in [0.3, 0.4) is 0 Å². The van der Waals surface area contributed by atoms with E-state index in [0.717, 1.165) is 12.0 Å². The summed E-state index contributed by atoms with van der Waals surface area (Å²) in [5.41, 5.74) is 6.95. The van der Waals surface area contributed by atoms with Crippen LogP contribution in [0.4, 0.5) is 0 Å². The zero-order valence-electron chi connectivity index (χ0n) is 12.0. The van der Waals surface area contributed by atoms with Crippen molar-refractivity contribution in [1.29, 1.82) is 0 Å². The van der Waals surface area contributed by atoms with Gasteiger partial charge in [0.15, 0.2) is 0 Å². The lowest BCUT2D eigenvalue weighted by Gasteiger charge is -2.36. The van der Waals surface area contributed by atoms with Gasteiger partial charge < -0.3 is 10.5 Å². The van der Waals surface area contributed by atoms with Crippen LogP contribution in [-0.2, 0) is 9.53 Å². The molecule has 18 heavy (non-hydrogen) atoms. The van der Waals surface area contributed by atoms with E-state index in [0.29, 0.717) is 11.8 Å². The highest BCUT2D eigenvalue weighted by Gasteiger charge is 2.35. The fourth-order valence-corrected chi connectivity index (χ4v) is 3.39. The second kappa shape index (κ2) is 6.62. The lowest BCUT2D eigenvalue weighted by Crippen LogP contribution is -2.37. The van der Waals surface area contributed by atoms with Gasteiger partial charge in [-0.3, -0.25) is 0 Å². The van der Waals surface area contributed by atoms with Crippen LogP contribution in [0.2, 0.25) is 0 Å². The molecule has 104 valence electrons. The number of carbonyl (C=O) groups is 1. The maximum absolute atomic E-state index is 11.9. The number of carbonyl (C=O) groups excluding carboxylic acids is 1. The molecule has 0 aliphatic heterocycles. The Morgan fingerprint density at radius 1 is 1.56 bits per heavy atom. The number of ether oxygens (including phenoxy) is 1. The van der Waals surface area contributed by atoms with Gasteiger partial charge in [0, 0.05) is 11.5 Å². The molecule has 0 saturated carbocycles. The predicted octanol–water partition coefficient (Wildman–Crippen LogP) is 2.66. The Kier molecular flexibility index (Phi) is 5.73. The molecule has 0 bridgehead atoms. The first-order valence-electron chi connectivity index (χ1n) is 6.50. The van der Waals surface area contributed by atoms with Crippen molar-refractivity contribution < 1.29 is 9.53 Å². The first-order valence-corrected chi connectivity index (χ1v) is 7.79. The summed E-state index contributed by atoms with van der Waals surface area (Å²) in [4.78, 5) is 11.9. The third kappa shape index (κ3) is 3.29. The molecule has 0 heterocycles. The Labute approximate surface area is 115 Å². The van der Waals surface area contributed by atoms with Crippen LogP contribution in [0, 0.1) is 23.7 Å². The van der Waals surface area contributed by atoms with E-state index in [-0.39, 0.29) is 23.2 Å². The van der Waals surface area contributed by atoms with Gasteiger partial charge in [-0.05, 0) is 30.4 Å². The van der Waals surface area contributed by atoms with Crippen molar-refractivity contribution in [2.45, 2.75) is 32.6 Å². The van der Waals surface area contributed by atoms with E-state index in [1.54, 1.807) is 11.8 Å². The molecule has 0 amide bonds. The van der Waals surface area contributed by atoms with E-state index in [4.69, 9.17) is 10.5 Å². The van der Waals surface area contributed by atoms with Gasteiger partial charge in [0.1, 0.15) is 0 Å². The number of esters is 1. The topological polar surface area (TPSA) is 52.3 Å². The van der Waals surface area contributed by atoms with Crippen LogP contribution >= 0.6 is 11.8 Å². The molecule has 0 aromatic heterocycles. The third-order valence-electron chi connectivity index (χ3n) is 3.93. The third-order valence-corrected chi connectivity index (χ3v) is 4.79. The highest BCUT2D eigenvalue weighted by molar-refractivity contribution is 7.99. The minimum absolute atomic E-state index is 0.0489. The molecule has 4 unspecified atom stereocenters. The lowest BCUT2D eigenvalue weighted by molar-refractivity contribution is -0.137. The molecule has 0 saturated heterocycles. The normalized spacial score (nSPS) is 29.9. The highest BCUT2D eigenvalue weighted by atomic mass is 32.2.